The third kappa shape index (κ3) is 4.37. The molecule has 0 aliphatic heterocycles. The number of aromatic carboxylic acids is 1. The van der Waals surface area contributed by atoms with Gasteiger partial charge in [0.15, 0.2) is 0 Å². The van der Waals surface area contributed by atoms with Gasteiger partial charge >= 0.3 is 5.97 Å². The molecular formula is C19H18Cl2N4O3. The quantitative estimate of drug-likeness (QED) is 0.494. The number of anilines is 2. The Morgan fingerprint density at radius 3 is 2.54 bits per heavy atom. The third-order valence-electron chi connectivity index (χ3n) is 4.13. The Bertz CT molecular complexity index is 1030. The summed E-state index contributed by atoms with van der Waals surface area (Å²) in [6.45, 7) is 2.52. The van der Waals surface area contributed by atoms with Crippen molar-refractivity contribution in [3.05, 3.63) is 52.0 Å². The van der Waals surface area contributed by atoms with Gasteiger partial charge in [-0.3, -0.25) is 4.79 Å². The lowest BCUT2D eigenvalue weighted by atomic mass is 10.2. The van der Waals surface area contributed by atoms with Crippen LogP contribution in [0.4, 0.5) is 11.6 Å². The molecule has 146 valence electrons. The molecule has 3 N–H and O–H groups in total. The molecule has 2 aromatic carbocycles. The molecule has 1 amide bonds. The Balaban J connectivity index is 1.99. The second kappa shape index (κ2) is 8.50. The normalized spacial score (nSPS) is 10.8. The molecule has 0 saturated carbocycles. The average molecular weight is 421 g/mol. The van der Waals surface area contributed by atoms with Crippen LogP contribution in [0, 0.1) is 0 Å². The number of para-hydroxylation sites is 1. The minimum atomic E-state index is -1.02. The number of fused-ring (bicyclic) bond motifs is 1. The fourth-order valence-electron chi connectivity index (χ4n) is 2.82. The van der Waals surface area contributed by atoms with Crippen LogP contribution in [0.25, 0.3) is 11.0 Å². The van der Waals surface area contributed by atoms with Crippen LogP contribution in [0.3, 0.4) is 0 Å². The number of benzene rings is 2. The molecule has 0 saturated heterocycles. The van der Waals surface area contributed by atoms with Gasteiger partial charge in [0.1, 0.15) is 0 Å². The van der Waals surface area contributed by atoms with Gasteiger partial charge in [0.25, 0.3) is 0 Å². The van der Waals surface area contributed by atoms with Crippen molar-refractivity contribution in [2.24, 2.45) is 0 Å². The van der Waals surface area contributed by atoms with Crippen LogP contribution in [-0.4, -0.2) is 33.1 Å². The standard InChI is InChI=1S/C19H18Cl2N4O3/c1-11(26)22-8-3-9-25-16-7-6-12(18(27)28)10-15(16)23-19(25)24-17-13(20)4-2-5-14(17)21/h2,4-7,10H,3,8-9H2,1H3,(H,22,26)(H,23,24)(H,27,28). The molecule has 3 rings (SSSR count). The highest BCUT2D eigenvalue weighted by Crippen LogP contribution is 2.33. The van der Waals surface area contributed by atoms with Gasteiger partial charge in [-0.25, -0.2) is 9.78 Å². The monoisotopic (exact) mass is 420 g/mol. The van der Waals surface area contributed by atoms with Crippen molar-refractivity contribution < 1.29 is 14.7 Å². The van der Waals surface area contributed by atoms with Crippen molar-refractivity contribution >= 4 is 57.7 Å². The third-order valence-corrected chi connectivity index (χ3v) is 4.76. The number of carbonyl (C=O) groups excluding carboxylic acids is 1. The van der Waals surface area contributed by atoms with E-state index >= 15 is 0 Å². The number of imidazole rings is 1. The molecule has 0 atom stereocenters. The summed E-state index contributed by atoms with van der Waals surface area (Å²) in [6, 6.07) is 9.92. The van der Waals surface area contributed by atoms with Gasteiger partial charge < -0.3 is 20.3 Å². The van der Waals surface area contributed by atoms with Crippen LogP contribution in [0.5, 0.6) is 0 Å². The van der Waals surface area contributed by atoms with Crippen molar-refractivity contribution in [3.63, 3.8) is 0 Å². The first-order valence-corrected chi connectivity index (χ1v) is 9.31. The summed E-state index contributed by atoms with van der Waals surface area (Å²) in [6.07, 6.45) is 0.663. The van der Waals surface area contributed by atoms with E-state index in [1.54, 1.807) is 24.3 Å². The van der Waals surface area contributed by atoms with E-state index in [1.807, 2.05) is 4.57 Å². The maximum atomic E-state index is 11.3. The number of nitrogens with zero attached hydrogens (tertiary/aromatic N) is 2. The minimum absolute atomic E-state index is 0.0946. The largest absolute Gasteiger partial charge is 0.478 e. The molecule has 0 radical (unpaired) electrons. The van der Waals surface area contributed by atoms with Gasteiger partial charge in [-0.1, -0.05) is 29.3 Å². The predicted octanol–water partition coefficient (Wildman–Crippen LogP) is 4.31. The average Bonchev–Trinajstić information content (AvgIpc) is 2.98. The van der Waals surface area contributed by atoms with Gasteiger partial charge in [-0.2, -0.15) is 0 Å². The van der Waals surface area contributed by atoms with Crippen LogP contribution in [0.15, 0.2) is 36.4 Å². The van der Waals surface area contributed by atoms with E-state index in [1.165, 1.54) is 19.1 Å². The van der Waals surface area contributed by atoms with E-state index in [0.717, 1.165) is 5.52 Å². The maximum absolute atomic E-state index is 11.3. The Kier molecular flexibility index (Phi) is 6.06. The lowest BCUT2D eigenvalue weighted by molar-refractivity contribution is -0.118. The zero-order chi connectivity index (χ0) is 20.3. The molecule has 1 aromatic heterocycles. The van der Waals surface area contributed by atoms with Gasteiger partial charge in [0, 0.05) is 20.0 Å². The van der Waals surface area contributed by atoms with Crippen LogP contribution >= 0.6 is 23.2 Å². The van der Waals surface area contributed by atoms with Crippen molar-refractivity contribution in [1.29, 1.82) is 0 Å². The molecule has 9 heteroatoms. The zero-order valence-corrected chi connectivity index (χ0v) is 16.5. The number of rotatable bonds is 7. The minimum Gasteiger partial charge on any atom is -0.478 e. The second-order valence-electron chi connectivity index (χ2n) is 6.15. The smallest absolute Gasteiger partial charge is 0.335 e. The Labute approximate surface area is 171 Å². The molecule has 0 bridgehead atoms. The fraction of sp³-hybridized carbons (Fsp3) is 0.211. The maximum Gasteiger partial charge on any atom is 0.335 e. The highest BCUT2D eigenvalue weighted by molar-refractivity contribution is 6.39. The van der Waals surface area contributed by atoms with Gasteiger partial charge in [0.05, 0.1) is 32.3 Å². The number of carbonyl (C=O) groups is 2. The van der Waals surface area contributed by atoms with Crippen molar-refractivity contribution in [2.75, 3.05) is 11.9 Å². The lowest BCUT2D eigenvalue weighted by Crippen LogP contribution is -2.22. The second-order valence-corrected chi connectivity index (χ2v) is 6.97. The molecule has 0 unspecified atom stereocenters. The van der Waals surface area contributed by atoms with Crippen molar-refractivity contribution in [2.45, 2.75) is 19.9 Å². The van der Waals surface area contributed by atoms with E-state index < -0.39 is 5.97 Å². The summed E-state index contributed by atoms with van der Waals surface area (Å²) in [7, 11) is 0. The van der Waals surface area contributed by atoms with E-state index in [4.69, 9.17) is 23.2 Å². The number of aryl methyl sites for hydroxylation is 1. The van der Waals surface area contributed by atoms with Gasteiger partial charge in [-0.15, -0.1) is 0 Å². The molecule has 0 aliphatic carbocycles. The summed E-state index contributed by atoms with van der Waals surface area (Å²) in [4.78, 5) is 26.9. The number of hydrogen-bond acceptors (Lipinski definition) is 4. The van der Waals surface area contributed by atoms with Crippen molar-refractivity contribution in [1.82, 2.24) is 14.9 Å². The first kappa shape index (κ1) is 20.0. The van der Waals surface area contributed by atoms with Crippen molar-refractivity contribution in [3.8, 4) is 0 Å². The topological polar surface area (TPSA) is 96.3 Å². The summed E-state index contributed by atoms with van der Waals surface area (Å²) < 4.78 is 1.91. The SMILES string of the molecule is CC(=O)NCCCn1c(Nc2c(Cl)cccc2Cl)nc2cc(C(=O)O)ccc21. The first-order valence-electron chi connectivity index (χ1n) is 8.56. The predicted molar refractivity (Wildman–Crippen MR) is 110 cm³/mol. The Morgan fingerprint density at radius 1 is 1.18 bits per heavy atom. The van der Waals surface area contributed by atoms with Gasteiger partial charge in [-0.05, 0) is 36.8 Å². The number of hydrogen-bond donors (Lipinski definition) is 3. The van der Waals surface area contributed by atoms with Crippen LogP contribution in [-0.2, 0) is 11.3 Å². The van der Waals surface area contributed by atoms with Crippen LogP contribution < -0.4 is 10.6 Å². The highest BCUT2D eigenvalue weighted by atomic mass is 35.5. The molecule has 3 aromatic rings. The number of amides is 1. The van der Waals surface area contributed by atoms with E-state index in [-0.39, 0.29) is 11.5 Å². The number of carboxylic acid groups (broad SMARTS) is 1. The number of halogens is 2. The van der Waals surface area contributed by atoms with E-state index in [9.17, 15) is 14.7 Å². The molecular weight excluding hydrogens is 403 g/mol. The molecule has 0 aliphatic rings. The number of aromatic nitrogens is 2. The fourth-order valence-corrected chi connectivity index (χ4v) is 3.31. The molecule has 7 nitrogen and oxygen atoms in total. The molecule has 1 heterocycles. The van der Waals surface area contributed by atoms with Gasteiger partial charge in [0.2, 0.25) is 11.9 Å². The number of nitrogens with one attached hydrogen (secondary N) is 2. The Hall–Kier alpha value is -2.77. The molecule has 0 spiro atoms. The first-order chi connectivity index (χ1) is 13.4. The summed E-state index contributed by atoms with van der Waals surface area (Å²) >= 11 is 12.5. The zero-order valence-electron chi connectivity index (χ0n) is 15.0. The lowest BCUT2D eigenvalue weighted by Gasteiger charge is -2.13. The molecule has 28 heavy (non-hydrogen) atoms. The highest BCUT2D eigenvalue weighted by Gasteiger charge is 2.15. The molecule has 0 fully saturated rings. The summed E-state index contributed by atoms with van der Waals surface area (Å²) in [5.41, 5.74) is 1.96. The van der Waals surface area contributed by atoms with Crippen LogP contribution in [0.1, 0.15) is 23.7 Å². The van der Waals surface area contributed by atoms with E-state index in [0.29, 0.717) is 46.7 Å². The number of carboxylic acids is 1. The van der Waals surface area contributed by atoms with E-state index in [2.05, 4.69) is 15.6 Å². The van der Waals surface area contributed by atoms with Crippen LogP contribution in [0.2, 0.25) is 10.0 Å². The summed E-state index contributed by atoms with van der Waals surface area (Å²) in [5, 5.41) is 16.0. The Morgan fingerprint density at radius 2 is 1.89 bits per heavy atom. The summed E-state index contributed by atoms with van der Waals surface area (Å²) in [5.74, 6) is -0.635.